The topological polar surface area (TPSA) is 75.7 Å². The highest BCUT2D eigenvalue weighted by Gasteiger charge is 2.43. The van der Waals surface area contributed by atoms with E-state index in [0.717, 1.165) is 18.4 Å². The Morgan fingerprint density at radius 2 is 1.93 bits per heavy atom. The lowest BCUT2D eigenvalue weighted by Crippen LogP contribution is -2.51. The second-order valence-electron chi connectivity index (χ2n) is 8.19. The number of thiophene rings is 1. The van der Waals surface area contributed by atoms with E-state index in [4.69, 9.17) is 4.74 Å². The van der Waals surface area contributed by atoms with E-state index in [0.29, 0.717) is 49.7 Å². The third kappa shape index (κ3) is 4.94. The zero-order chi connectivity index (χ0) is 21.0. The Balaban J connectivity index is 1.29. The Hall–Kier alpha value is -1.74. The van der Waals surface area contributed by atoms with Crippen molar-refractivity contribution < 1.29 is 17.9 Å². The Morgan fingerprint density at radius 1 is 1.17 bits per heavy atom. The highest BCUT2D eigenvalue weighted by Crippen LogP contribution is 2.40. The van der Waals surface area contributed by atoms with Gasteiger partial charge >= 0.3 is 0 Å². The average Bonchev–Trinajstić information content (AvgIpc) is 3.29. The van der Waals surface area contributed by atoms with Gasteiger partial charge in [-0.25, -0.2) is 8.42 Å². The standard InChI is InChI=1S/C22H28N2O4S2/c25-20(23-17-18-5-2-1-3-6-18)15-19-8-13-28-22(16-19)9-11-24(12-10-22)30(26,27)21-7-4-14-29-21/h1-7,14,19H,8-13,15-17H2,(H,23,25). The molecule has 30 heavy (non-hydrogen) atoms. The van der Waals surface area contributed by atoms with Crippen LogP contribution in [-0.2, 0) is 26.1 Å². The molecular weight excluding hydrogens is 420 g/mol. The minimum absolute atomic E-state index is 0.0682. The number of nitrogens with zero attached hydrogens (tertiary/aromatic N) is 1. The van der Waals surface area contributed by atoms with Crippen LogP contribution in [0.5, 0.6) is 0 Å². The van der Waals surface area contributed by atoms with Crippen LogP contribution >= 0.6 is 11.3 Å². The van der Waals surface area contributed by atoms with E-state index >= 15 is 0 Å². The number of nitrogens with one attached hydrogen (secondary N) is 1. The second-order valence-corrected chi connectivity index (χ2v) is 11.3. The van der Waals surface area contributed by atoms with Crippen molar-refractivity contribution in [2.24, 2.45) is 5.92 Å². The maximum absolute atomic E-state index is 12.8. The maximum Gasteiger partial charge on any atom is 0.252 e. The fourth-order valence-electron chi connectivity index (χ4n) is 4.45. The van der Waals surface area contributed by atoms with Gasteiger partial charge in [0.25, 0.3) is 10.0 Å². The molecule has 4 rings (SSSR count). The molecule has 0 radical (unpaired) electrons. The van der Waals surface area contributed by atoms with Gasteiger partial charge in [-0.15, -0.1) is 11.3 Å². The molecule has 2 aromatic rings. The van der Waals surface area contributed by atoms with Crippen LogP contribution in [-0.4, -0.2) is 43.9 Å². The largest absolute Gasteiger partial charge is 0.375 e. The number of piperidine rings is 1. The lowest BCUT2D eigenvalue weighted by molar-refractivity contribution is -0.132. The third-order valence-electron chi connectivity index (χ3n) is 6.12. The Kier molecular flexibility index (Phi) is 6.57. The van der Waals surface area contributed by atoms with Crippen LogP contribution in [0, 0.1) is 5.92 Å². The number of amides is 1. The van der Waals surface area contributed by atoms with Crippen molar-refractivity contribution in [1.82, 2.24) is 9.62 Å². The van der Waals surface area contributed by atoms with Gasteiger partial charge in [-0.05, 0) is 48.6 Å². The van der Waals surface area contributed by atoms with E-state index < -0.39 is 10.0 Å². The molecule has 162 valence electrons. The van der Waals surface area contributed by atoms with Crippen molar-refractivity contribution in [1.29, 1.82) is 0 Å². The Labute approximate surface area is 182 Å². The number of benzene rings is 1. The molecule has 6 nitrogen and oxygen atoms in total. The van der Waals surface area contributed by atoms with Gasteiger partial charge in [-0.2, -0.15) is 4.31 Å². The fraction of sp³-hybridized carbons (Fsp3) is 0.500. The molecule has 1 aromatic carbocycles. The van der Waals surface area contributed by atoms with Crippen LogP contribution in [0.3, 0.4) is 0 Å². The number of sulfonamides is 1. The summed E-state index contributed by atoms with van der Waals surface area (Å²) in [6.07, 6.45) is 3.55. The third-order valence-corrected chi connectivity index (χ3v) is 9.40. The molecule has 1 amide bonds. The normalized spacial score (nSPS) is 22.1. The van der Waals surface area contributed by atoms with E-state index in [2.05, 4.69) is 5.32 Å². The molecule has 2 saturated heterocycles. The quantitative estimate of drug-likeness (QED) is 0.735. The van der Waals surface area contributed by atoms with Gasteiger partial charge in [0.1, 0.15) is 4.21 Å². The predicted molar refractivity (Wildman–Crippen MR) is 117 cm³/mol. The first kappa shape index (κ1) is 21.5. The molecule has 2 aliphatic rings. The van der Waals surface area contributed by atoms with Gasteiger partial charge in [0, 0.05) is 32.7 Å². The molecular formula is C22H28N2O4S2. The summed E-state index contributed by atoms with van der Waals surface area (Å²) in [6.45, 7) is 2.11. The van der Waals surface area contributed by atoms with Crippen LogP contribution in [0.4, 0.5) is 0 Å². The molecule has 2 fully saturated rings. The minimum Gasteiger partial charge on any atom is -0.375 e. The summed E-state index contributed by atoms with van der Waals surface area (Å²) in [7, 11) is -3.41. The first-order valence-corrected chi connectivity index (χ1v) is 12.8. The van der Waals surface area contributed by atoms with Gasteiger partial charge in [-0.3, -0.25) is 4.79 Å². The maximum atomic E-state index is 12.8. The lowest BCUT2D eigenvalue weighted by Gasteiger charge is -2.45. The van der Waals surface area contributed by atoms with Crippen molar-refractivity contribution >= 4 is 27.3 Å². The molecule has 0 aliphatic carbocycles. The van der Waals surface area contributed by atoms with Gasteiger partial charge in [0.2, 0.25) is 5.91 Å². The molecule has 3 heterocycles. The number of carbonyl (C=O) groups is 1. The highest BCUT2D eigenvalue weighted by molar-refractivity contribution is 7.91. The average molecular weight is 449 g/mol. The SMILES string of the molecule is O=C(CC1CCOC2(CCN(S(=O)(=O)c3cccs3)CC2)C1)NCc1ccccc1. The monoisotopic (exact) mass is 448 g/mol. The summed E-state index contributed by atoms with van der Waals surface area (Å²) in [6, 6.07) is 13.3. The highest BCUT2D eigenvalue weighted by atomic mass is 32.2. The summed E-state index contributed by atoms with van der Waals surface area (Å²) in [5, 5.41) is 4.80. The number of hydrogen-bond acceptors (Lipinski definition) is 5. The van der Waals surface area contributed by atoms with Crippen molar-refractivity contribution in [3.63, 3.8) is 0 Å². The molecule has 1 N–H and O–H groups in total. The van der Waals surface area contributed by atoms with Crippen LogP contribution < -0.4 is 5.32 Å². The second kappa shape index (κ2) is 9.18. The summed E-state index contributed by atoms with van der Waals surface area (Å²) < 4.78 is 33.6. The van der Waals surface area contributed by atoms with Gasteiger partial charge in [0.05, 0.1) is 5.60 Å². The van der Waals surface area contributed by atoms with Crippen molar-refractivity contribution in [2.75, 3.05) is 19.7 Å². The number of carbonyl (C=O) groups excluding carboxylic acids is 1. The summed E-state index contributed by atoms with van der Waals surface area (Å²) in [4.78, 5) is 12.4. The first-order valence-electron chi connectivity index (χ1n) is 10.5. The molecule has 1 aromatic heterocycles. The number of ether oxygens (including phenoxy) is 1. The zero-order valence-electron chi connectivity index (χ0n) is 17.0. The Morgan fingerprint density at radius 3 is 2.63 bits per heavy atom. The number of rotatable bonds is 6. The zero-order valence-corrected chi connectivity index (χ0v) is 18.6. The predicted octanol–water partition coefficient (Wildman–Crippen LogP) is 3.40. The van der Waals surface area contributed by atoms with E-state index in [1.54, 1.807) is 21.8 Å². The molecule has 1 atom stereocenters. The van der Waals surface area contributed by atoms with E-state index in [-0.39, 0.29) is 17.4 Å². The van der Waals surface area contributed by atoms with Crippen molar-refractivity contribution in [3.8, 4) is 0 Å². The van der Waals surface area contributed by atoms with Crippen LogP contribution in [0.2, 0.25) is 0 Å². The van der Waals surface area contributed by atoms with E-state index in [1.807, 2.05) is 30.3 Å². The van der Waals surface area contributed by atoms with Crippen LogP contribution in [0.1, 0.15) is 37.7 Å². The van der Waals surface area contributed by atoms with Gasteiger partial charge in [0.15, 0.2) is 0 Å². The van der Waals surface area contributed by atoms with Crippen molar-refractivity contribution in [3.05, 3.63) is 53.4 Å². The molecule has 2 aliphatic heterocycles. The molecule has 8 heteroatoms. The fourth-order valence-corrected chi connectivity index (χ4v) is 7.04. The van der Waals surface area contributed by atoms with Gasteiger partial charge < -0.3 is 10.1 Å². The summed E-state index contributed by atoms with van der Waals surface area (Å²) >= 11 is 1.26. The Bertz CT molecular complexity index is 937. The molecule has 1 spiro atoms. The smallest absolute Gasteiger partial charge is 0.252 e. The molecule has 0 bridgehead atoms. The summed E-state index contributed by atoms with van der Waals surface area (Å²) in [5.74, 6) is 0.341. The first-order chi connectivity index (χ1) is 14.5. The summed E-state index contributed by atoms with van der Waals surface area (Å²) in [5.41, 5.74) is 0.790. The van der Waals surface area contributed by atoms with E-state index in [1.165, 1.54) is 11.3 Å². The minimum atomic E-state index is -3.41. The lowest BCUT2D eigenvalue weighted by atomic mass is 9.78. The molecule has 1 unspecified atom stereocenters. The van der Waals surface area contributed by atoms with Crippen LogP contribution in [0.15, 0.2) is 52.1 Å². The number of hydrogen-bond donors (Lipinski definition) is 1. The molecule has 0 saturated carbocycles. The van der Waals surface area contributed by atoms with Crippen LogP contribution in [0.25, 0.3) is 0 Å². The van der Waals surface area contributed by atoms with E-state index in [9.17, 15) is 13.2 Å². The van der Waals surface area contributed by atoms with Crippen molar-refractivity contribution in [2.45, 2.75) is 48.5 Å². The van der Waals surface area contributed by atoms with Gasteiger partial charge in [-0.1, -0.05) is 36.4 Å².